The van der Waals surface area contributed by atoms with Gasteiger partial charge in [-0.15, -0.1) is 0 Å². The molecule has 5 nitrogen and oxygen atoms in total. The van der Waals surface area contributed by atoms with Crippen molar-refractivity contribution in [2.45, 2.75) is 38.0 Å². The molecule has 0 unspecified atom stereocenters. The Balaban J connectivity index is 1.52. The standard InChI is InChI=1S/C28H32N2O3S/c1-22-13-14-23(2)27(19-22)30(34(32,33)26-11-7-4-8-12-26)21-28(31)29-17-15-25(16-18-29)20-24-9-5-3-6-10-24/h3-14,19,25H,15-18,20-21H2,1-2H3. The van der Waals surface area contributed by atoms with Crippen molar-refractivity contribution in [3.8, 4) is 0 Å². The number of carbonyl (C=O) groups excluding carboxylic acids is 1. The number of piperidine rings is 1. The summed E-state index contributed by atoms with van der Waals surface area (Å²) >= 11 is 0. The Hall–Kier alpha value is -3.12. The van der Waals surface area contributed by atoms with Crippen LogP contribution in [0.4, 0.5) is 5.69 Å². The zero-order valence-electron chi connectivity index (χ0n) is 19.9. The summed E-state index contributed by atoms with van der Waals surface area (Å²) < 4.78 is 28.5. The van der Waals surface area contributed by atoms with Crippen molar-refractivity contribution in [2.75, 3.05) is 23.9 Å². The van der Waals surface area contributed by atoms with Crippen LogP contribution in [0.25, 0.3) is 0 Å². The second kappa shape index (κ2) is 10.4. The fourth-order valence-electron chi connectivity index (χ4n) is 4.56. The van der Waals surface area contributed by atoms with Crippen LogP contribution in [0.3, 0.4) is 0 Å². The van der Waals surface area contributed by atoms with Gasteiger partial charge in [0, 0.05) is 13.1 Å². The van der Waals surface area contributed by atoms with Gasteiger partial charge in [0.25, 0.3) is 10.0 Å². The molecular weight excluding hydrogens is 444 g/mol. The molecular formula is C28H32N2O3S. The molecule has 1 saturated heterocycles. The minimum absolute atomic E-state index is 0.154. The third-order valence-corrected chi connectivity index (χ3v) is 8.35. The maximum atomic E-state index is 13.6. The number of amides is 1. The number of hydrogen-bond acceptors (Lipinski definition) is 3. The maximum absolute atomic E-state index is 13.6. The van der Waals surface area contributed by atoms with Gasteiger partial charge in [-0.1, -0.05) is 60.7 Å². The molecule has 0 radical (unpaired) electrons. The molecule has 3 aromatic carbocycles. The van der Waals surface area contributed by atoms with Gasteiger partial charge < -0.3 is 4.90 Å². The van der Waals surface area contributed by atoms with Crippen LogP contribution in [-0.2, 0) is 21.2 Å². The van der Waals surface area contributed by atoms with E-state index in [1.54, 1.807) is 30.3 Å². The molecule has 1 heterocycles. The number of rotatable bonds is 7. The van der Waals surface area contributed by atoms with Gasteiger partial charge in [-0.05, 0) is 73.9 Å². The quantitative estimate of drug-likeness (QED) is 0.483. The van der Waals surface area contributed by atoms with Crippen molar-refractivity contribution in [1.29, 1.82) is 0 Å². The SMILES string of the molecule is Cc1ccc(C)c(N(CC(=O)N2CCC(Cc3ccccc3)CC2)S(=O)(=O)c2ccccc2)c1. The number of carbonyl (C=O) groups is 1. The molecule has 178 valence electrons. The van der Waals surface area contributed by atoms with E-state index in [1.165, 1.54) is 9.87 Å². The predicted molar refractivity (Wildman–Crippen MR) is 136 cm³/mol. The van der Waals surface area contributed by atoms with Crippen LogP contribution in [0.5, 0.6) is 0 Å². The summed E-state index contributed by atoms with van der Waals surface area (Å²) in [6.07, 6.45) is 2.87. The fraction of sp³-hybridized carbons (Fsp3) is 0.321. The van der Waals surface area contributed by atoms with Gasteiger partial charge in [0.2, 0.25) is 5.91 Å². The smallest absolute Gasteiger partial charge is 0.264 e. The zero-order valence-corrected chi connectivity index (χ0v) is 20.7. The van der Waals surface area contributed by atoms with E-state index >= 15 is 0 Å². The number of sulfonamides is 1. The van der Waals surface area contributed by atoms with Crippen LogP contribution >= 0.6 is 0 Å². The summed E-state index contributed by atoms with van der Waals surface area (Å²) in [7, 11) is -3.89. The largest absolute Gasteiger partial charge is 0.341 e. The molecule has 1 aliphatic heterocycles. The number of nitrogens with zero attached hydrogens (tertiary/aromatic N) is 2. The maximum Gasteiger partial charge on any atom is 0.264 e. The Kier molecular flexibility index (Phi) is 7.37. The molecule has 0 spiro atoms. The Labute approximate surface area is 203 Å². The average Bonchev–Trinajstić information content (AvgIpc) is 2.85. The van der Waals surface area contributed by atoms with Crippen molar-refractivity contribution < 1.29 is 13.2 Å². The average molecular weight is 477 g/mol. The Morgan fingerprint density at radius 1 is 0.912 bits per heavy atom. The third kappa shape index (κ3) is 5.50. The lowest BCUT2D eigenvalue weighted by molar-refractivity contribution is -0.130. The van der Waals surface area contributed by atoms with Gasteiger partial charge in [0.15, 0.2) is 0 Å². The molecule has 0 saturated carbocycles. The van der Waals surface area contributed by atoms with E-state index in [-0.39, 0.29) is 17.3 Å². The highest BCUT2D eigenvalue weighted by Gasteiger charge is 2.31. The van der Waals surface area contributed by atoms with E-state index in [9.17, 15) is 13.2 Å². The molecule has 34 heavy (non-hydrogen) atoms. The molecule has 0 bridgehead atoms. The second-order valence-electron chi connectivity index (χ2n) is 9.13. The van der Waals surface area contributed by atoms with Gasteiger partial charge in [0.1, 0.15) is 6.54 Å². The van der Waals surface area contributed by atoms with Gasteiger partial charge in [-0.3, -0.25) is 9.10 Å². The van der Waals surface area contributed by atoms with Crippen LogP contribution in [0.1, 0.15) is 29.5 Å². The monoisotopic (exact) mass is 476 g/mol. The number of benzene rings is 3. The summed E-state index contributed by atoms with van der Waals surface area (Å²) in [6, 6.07) is 24.5. The summed E-state index contributed by atoms with van der Waals surface area (Å²) in [6.45, 7) is 4.91. The Bertz CT molecular complexity index is 1220. The minimum Gasteiger partial charge on any atom is -0.341 e. The minimum atomic E-state index is -3.89. The Morgan fingerprint density at radius 3 is 2.18 bits per heavy atom. The summed E-state index contributed by atoms with van der Waals surface area (Å²) in [5.74, 6) is 0.383. The third-order valence-electron chi connectivity index (χ3n) is 6.58. The summed E-state index contributed by atoms with van der Waals surface area (Å²) in [5.41, 5.74) is 3.64. The van der Waals surface area contributed by atoms with E-state index in [2.05, 4.69) is 24.3 Å². The molecule has 6 heteroatoms. The van der Waals surface area contributed by atoms with Crippen LogP contribution in [-0.4, -0.2) is 38.9 Å². The van der Waals surface area contributed by atoms with E-state index in [4.69, 9.17) is 0 Å². The first kappa shape index (κ1) is 24.0. The first-order valence-corrected chi connectivity index (χ1v) is 13.3. The number of aryl methyl sites for hydroxylation is 2. The fourth-order valence-corrected chi connectivity index (χ4v) is 6.06. The molecule has 1 fully saturated rings. The predicted octanol–water partition coefficient (Wildman–Crippen LogP) is 4.98. The van der Waals surface area contributed by atoms with Crippen molar-refractivity contribution >= 4 is 21.6 Å². The van der Waals surface area contributed by atoms with Crippen molar-refractivity contribution in [1.82, 2.24) is 4.90 Å². The molecule has 0 aromatic heterocycles. The lowest BCUT2D eigenvalue weighted by atomic mass is 9.90. The molecule has 0 atom stereocenters. The van der Waals surface area contributed by atoms with Crippen molar-refractivity contribution in [3.05, 3.63) is 95.6 Å². The second-order valence-corrected chi connectivity index (χ2v) is 11.0. The lowest BCUT2D eigenvalue weighted by Crippen LogP contribution is -2.46. The van der Waals surface area contributed by atoms with Crippen molar-refractivity contribution in [3.63, 3.8) is 0 Å². The van der Waals surface area contributed by atoms with Crippen LogP contribution in [0.2, 0.25) is 0 Å². The topological polar surface area (TPSA) is 57.7 Å². The molecule has 1 amide bonds. The van der Waals surface area contributed by atoms with Crippen LogP contribution in [0, 0.1) is 19.8 Å². The number of likely N-dealkylation sites (tertiary alicyclic amines) is 1. The van der Waals surface area contributed by atoms with Crippen LogP contribution < -0.4 is 4.31 Å². The Morgan fingerprint density at radius 2 is 1.53 bits per heavy atom. The van der Waals surface area contributed by atoms with E-state index < -0.39 is 10.0 Å². The van der Waals surface area contributed by atoms with E-state index in [0.717, 1.165) is 30.4 Å². The highest BCUT2D eigenvalue weighted by atomic mass is 32.2. The molecule has 1 aliphatic rings. The first-order valence-electron chi connectivity index (χ1n) is 11.8. The van der Waals surface area contributed by atoms with Gasteiger partial charge >= 0.3 is 0 Å². The van der Waals surface area contributed by atoms with E-state index in [1.807, 2.05) is 43.0 Å². The molecule has 0 aliphatic carbocycles. The molecule has 0 N–H and O–H groups in total. The molecule has 3 aromatic rings. The number of anilines is 1. The first-order chi connectivity index (χ1) is 16.3. The zero-order chi connectivity index (χ0) is 24.1. The van der Waals surface area contributed by atoms with E-state index in [0.29, 0.717) is 24.7 Å². The highest BCUT2D eigenvalue weighted by Crippen LogP contribution is 2.29. The highest BCUT2D eigenvalue weighted by molar-refractivity contribution is 7.92. The molecule has 4 rings (SSSR count). The summed E-state index contributed by atoms with van der Waals surface area (Å²) in [5, 5.41) is 0. The van der Waals surface area contributed by atoms with Gasteiger partial charge in [-0.25, -0.2) is 8.42 Å². The van der Waals surface area contributed by atoms with Gasteiger partial charge in [-0.2, -0.15) is 0 Å². The normalized spacial score (nSPS) is 14.7. The van der Waals surface area contributed by atoms with Crippen molar-refractivity contribution in [2.24, 2.45) is 5.92 Å². The summed E-state index contributed by atoms with van der Waals surface area (Å²) in [4.78, 5) is 15.3. The van der Waals surface area contributed by atoms with Gasteiger partial charge in [0.05, 0.1) is 10.6 Å². The lowest BCUT2D eigenvalue weighted by Gasteiger charge is -2.34. The number of hydrogen-bond donors (Lipinski definition) is 0. The van der Waals surface area contributed by atoms with Crippen LogP contribution in [0.15, 0.2) is 83.8 Å².